The number of carboxylic acid groups (broad SMARTS) is 1. The van der Waals surface area contributed by atoms with E-state index in [-0.39, 0.29) is 12.0 Å². The Labute approximate surface area is 192 Å². The van der Waals surface area contributed by atoms with Gasteiger partial charge in [0.15, 0.2) is 0 Å². The largest absolute Gasteiger partial charge is 0.490 e. The van der Waals surface area contributed by atoms with Crippen molar-refractivity contribution in [1.29, 1.82) is 0 Å². The molecule has 32 heavy (non-hydrogen) atoms. The number of carbonyl (C=O) groups is 1. The standard InChI is InChI=1S/C27H38N2O3/c1-4-26(29-15-13-20(14-16-29)27(30)31)25-11-7-21-17-23(10-12-24(21)28-25)32-22-8-5-19(6-9-22)18(2)3/h7,10-12,17-20,22,26H,4-6,8-9,13-16H2,1-3H3,(H,30,31). The van der Waals surface area contributed by atoms with Crippen LogP contribution in [0.4, 0.5) is 0 Å². The molecule has 2 aliphatic rings. The van der Waals surface area contributed by atoms with Crippen molar-refractivity contribution in [2.45, 2.75) is 77.9 Å². The van der Waals surface area contributed by atoms with Crippen LogP contribution in [0.2, 0.25) is 0 Å². The topological polar surface area (TPSA) is 62.7 Å². The van der Waals surface area contributed by atoms with Crippen molar-refractivity contribution in [3.05, 3.63) is 36.0 Å². The number of aliphatic carboxylic acids is 1. The molecular weight excluding hydrogens is 400 g/mol. The number of rotatable bonds is 7. The second-order valence-electron chi connectivity index (χ2n) is 10.1. The fourth-order valence-corrected chi connectivity index (χ4v) is 5.56. The van der Waals surface area contributed by atoms with E-state index in [2.05, 4.69) is 56.0 Å². The van der Waals surface area contributed by atoms with Crippen molar-refractivity contribution in [2.75, 3.05) is 13.1 Å². The fourth-order valence-electron chi connectivity index (χ4n) is 5.56. The lowest BCUT2D eigenvalue weighted by molar-refractivity contribution is -0.143. The molecule has 1 aliphatic heterocycles. The van der Waals surface area contributed by atoms with E-state index < -0.39 is 5.97 Å². The van der Waals surface area contributed by atoms with Crippen molar-refractivity contribution >= 4 is 16.9 Å². The summed E-state index contributed by atoms with van der Waals surface area (Å²) in [5.41, 5.74) is 2.08. The fraction of sp³-hybridized carbons (Fsp3) is 0.630. The summed E-state index contributed by atoms with van der Waals surface area (Å²) in [6.07, 6.45) is 7.57. The number of carboxylic acids is 1. The highest BCUT2D eigenvalue weighted by atomic mass is 16.5. The molecule has 5 heteroatoms. The van der Waals surface area contributed by atoms with Gasteiger partial charge in [-0.1, -0.05) is 26.8 Å². The van der Waals surface area contributed by atoms with Gasteiger partial charge in [-0.2, -0.15) is 0 Å². The summed E-state index contributed by atoms with van der Waals surface area (Å²) in [6.45, 7) is 8.49. The van der Waals surface area contributed by atoms with Crippen molar-refractivity contribution < 1.29 is 14.6 Å². The molecule has 1 saturated heterocycles. The summed E-state index contributed by atoms with van der Waals surface area (Å²) in [7, 11) is 0. The molecule has 2 fully saturated rings. The molecule has 2 heterocycles. The van der Waals surface area contributed by atoms with Gasteiger partial charge in [-0.05, 0) is 94.1 Å². The number of piperidine rings is 1. The first kappa shape index (κ1) is 23.0. The van der Waals surface area contributed by atoms with Crippen molar-refractivity contribution in [1.82, 2.24) is 9.88 Å². The van der Waals surface area contributed by atoms with E-state index in [1.54, 1.807) is 0 Å². The minimum atomic E-state index is -0.660. The van der Waals surface area contributed by atoms with Gasteiger partial charge >= 0.3 is 5.97 Å². The van der Waals surface area contributed by atoms with Crippen LogP contribution in [0.1, 0.15) is 77.5 Å². The monoisotopic (exact) mass is 438 g/mol. The minimum absolute atomic E-state index is 0.202. The van der Waals surface area contributed by atoms with E-state index in [0.717, 1.165) is 79.4 Å². The second-order valence-corrected chi connectivity index (χ2v) is 10.1. The number of hydrogen-bond acceptors (Lipinski definition) is 4. The number of aromatic nitrogens is 1. The summed E-state index contributed by atoms with van der Waals surface area (Å²) >= 11 is 0. The molecule has 1 aliphatic carbocycles. The Morgan fingerprint density at radius 1 is 1.09 bits per heavy atom. The van der Waals surface area contributed by atoms with Crippen LogP contribution in [-0.2, 0) is 4.79 Å². The number of pyridine rings is 1. The van der Waals surface area contributed by atoms with Gasteiger partial charge in [-0.25, -0.2) is 0 Å². The minimum Gasteiger partial charge on any atom is -0.490 e. The van der Waals surface area contributed by atoms with Gasteiger partial charge in [-0.15, -0.1) is 0 Å². The van der Waals surface area contributed by atoms with Crippen LogP contribution in [0.25, 0.3) is 10.9 Å². The summed E-state index contributed by atoms with van der Waals surface area (Å²) in [6, 6.07) is 10.8. The highest BCUT2D eigenvalue weighted by Crippen LogP contribution is 2.33. The molecule has 4 rings (SSSR count). The maximum Gasteiger partial charge on any atom is 0.306 e. The average Bonchev–Trinajstić information content (AvgIpc) is 2.80. The Morgan fingerprint density at radius 3 is 2.44 bits per heavy atom. The lowest BCUT2D eigenvalue weighted by Gasteiger charge is -2.35. The number of nitrogens with zero attached hydrogens (tertiary/aromatic N) is 2. The number of benzene rings is 1. The zero-order valence-corrected chi connectivity index (χ0v) is 19.8. The van der Waals surface area contributed by atoms with Crippen molar-refractivity contribution in [2.24, 2.45) is 17.8 Å². The first-order chi connectivity index (χ1) is 15.4. The third kappa shape index (κ3) is 5.25. The van der Waals surface area contributed by atoms with Crippen LogP contribution in [0.15, 0.2) is 30.3 Å². The first-order valence-corrected chi connectivity index (χ1v) is 12.5. The smallest absolute Gasteiger partial charge is 0.306 e. The molecule has 1 N–H and O–H groups in total. The lowest BCUT2D eigenvalue weighted by atomic mass is 9.80. The van der Waals surface area contributed by atoms with Crippen molar-refractivity contribution in [3.8, 4) is 5.75 Å². The van der Waals surface area contributed by atoms with Gasteiger partial charge in [0.1, 0.15) is 5.75 Å². The van der Waals surface area contributed by atoms with Crippen LogP contribution in [0, 0.1) is 17.8 Å². The molecule has 0 spiro atoms. The van der Waals surface area contributed by atoms with Crippen LogP contribution < -0.4 is 4.74 Å². The average molecular weight is 439 g/mol. The molecule has 1 aromatic carbocycles. The molecule has 1 unspecified atom stereocenters. The third-order valence-electron chi connectivity index (χ3n) is 7.69. The second kappa shape index (κ2) is 10.2. The van der Waals surface area contributed by atoms with Crippen LogP contribution in [-0.4, -0.2) is 40.2 Å². The maximum atomic E-state index is 11.3. The Hall–Kier alpha value is -2.14. The Balaban J connectivity index is 1.41. The van der Waals surface area contributed by atoms with Crippen LogP contribution >= 0.6 is 0 Å². The normalized spacial score (nSPS) is 24.0. The predicted octanol–water partition coefficient (Wildman–Crippen LogP) is 6.08. The molecule has 2 aromatic rings. The molecular formula is C27H38N2O3. The first-order valence-electron chi connectivity index (χ1n) is 12.5. The third-order valence-corrected chi connectivity index (χ3v) is 7.69. The zero-order valence-electron chi connectivity index (χ0n) is 19.8. The van der Waals surface area contributed by atoms with E-state index in [9.17, 15) is 9.90 Å². The summed E-state index contributed by atoms with van der Waals surface area (Å²) < 4.78 is 6.33. The number of hydrogen-bond donors (Lipinski definition) is 1. The lowest BCUT2D eigenvalue weighted by Crippen LogP contribution is -2.38. The van der Waals surface area contributed by atoms with E-state index in [1.807, 2.05) is 0 Å². The Kier molecular flexibility index (Phi) is 7.34. The molecule has 5 nitrogen and oxygen atoms in total. The summed E-state index contributed by atoms with van der Waals surface area (Å²) in [5, 5.41) is 10.4. The van der Waals surface area contributed by atoms with E-state index in [0.29, 0.717) is 6.10 Å². The molecule has 0 amide bonds. The van der Waals surface area contributed by atoms with Crippen LogP contribution in [0.3, 0.4) is 0 Å². The zero-order chi connectivity index (χ0) is 22.7. The van der Waals surface area contributed by atoms with E-state index in [4.69, 9.17) is 9.72 Å². The number of fused-ring (bicyclic) bond motifs is 1. The van der Waals surface area contributed by atoms with Gasteiger partial charge in [0.05, 0.1) is 29.3 Å². The van der Waals surface area contributed by atoms with Gasteiger partial charge in [0, 0.05) is 5.39 Å². The molecule has 0 bridgehead atoms. The number of ether oxygens (including phenoxy) is 1. The Bertz CT molecular complexity index is 912. The molecule has 1 saturated carbocycles. The SMILES string of the molecule is CCC(c1ccc2cc(OC3CCC(C(C)C)CC3)ccc2n1)N1CCC(C(=O)O)CC1. The van der Waals surface area contributed by atoms with Gasteiger partial charge in [0.25, 0.3) is 0 Å². The Morgan fingerprint density at radius 2 is 1.81 bits per heavy atom. The number of likely N-dealkylation sites (tertiary alicyclic amines) is 1. The highest BCUT2D eigenvalue weighted by Gasteiger charge is 2.29. The molecule has 1 atom stereocenters. The molecule has 174 valence electrons. The van der Waals surface area contributed by atoms with Crippen LogP contribution in [0.5, 0.6) is 5.75 Å². The van der Waals surface area contributed by atoms with Gasteiger partial charge in [-0.3, -0.25) is 14.7 Å². The molecule has 0 radical (unpaired) electrons. The molecule has 1 aromatic heterocycles. The predicted molar refractivity (Wildman–Crippen MR) is 128 cm³/mol. The van der Waals surface area contributed by atoms with Gasteiger partial charge < -0.3 is 9.84 Å². The summed E-state index contributed by atoms with van der Waals surface area (Å²) in [5.74, 6) is 1.70. The maximum absolute atomic E-state index is 11.3. The van der Waals surface area contributed by atoms with E-state index in [1.165, 1.54) is 12.8 Å². The highest BCUT2D eigenvalue weighted by molar-refractivity contribution is 5.80. The summed E-state index contributed by atoms with van der Waals surface area (Å²) in [4.78, 5) is 18.7. The van der Waals surface area contributed by atoms with Gasteiger partial charge in [0.2, 0.25) is 0 Å². The van der Waals surface area contributed by atoms with E-state index >= 15 is 0 Å². The van der Waals surface area contributed by atoms with Crippen molar-refractivity contribution in [3.63, 3.8) is 0 Å². The quantitative estimate of drug-likeness (QED) is 0.568.